The van der Waals surface area contributed by atoms with Crippen LogP contribution in [0.25, 0.3) is 0 Å². The quantitative estimate of drug-likeness (QED) is 0.832. The third-order valence-corrected chi connectivity index (χ3v) is 2.94. The number of nitrogens with one attached hydrogen (secondary N) is 2. The van der Waals surface area contributed by atoms with Crippen molar-refractivity contribution in [1.82, 2.24) is 9.78 Å². The predicted molar refractivity (Wildman–Crippen MR) is 79.2 cm³/mol. The number of rotatable bonds is 2. The number of aromatic nitrogens is 2. The minimum atomic E-state index is -4.34. The molecular weight excluding hydrogens is 301 g/mol. The Labute approximate surface area is 125 Å². The summed E-state index contributed by atoms with van der Waals surface area (Å²) in [7, 11) is 1.78. The van der Waals surface area contributed by atoms with Gasteiger partial charge < -0.3 is 10.6 Å². The van der Waals surface area contributed by atoms with E-state index in [9.17, 15) is 13.2 Å². The van der Waals surface area contributed by atoms with Crippen molar-refractivity contribution in [3.8, 4) is 0 Å². The highest BCUT2D eigenvalue weighted by Gasteiger charge is 2.29. The molecule has 8 heteroatoms. The normalized spacial score (nSPS) is 11.3. The van der Waals surface area contributed by atoms with E-state index in [-0.39, 0.29) is 5.11 Å². The zero-order valence-corrected chi connectivity index (χ0v) is 12.1. The molecule has 21 heavy (non-hydrogen) atoms. The minimum Gasteiger partial charge on any atom is -0.332 e. The van der Waals surface area contributed by atoms with Crippen molar-refractivity contribution in [2.24, 2.45) is 7.05 Å². The first-order valence-corrected chi connectivity index (χ1v) is 6.42. The van der Waals surface area contributed by atoms with Gasteiger partial charge in [-0.25, -0.2) is 0 Å². The van der Waals surface area contributed by atoms with Crippen molar-refractivity contribution in [3.63, 3.8) is 0 Å². The Balaban J connectivity index is 2.01. The van der Waals surface area contributed by atoms with Gasteiger partial charge in [-0.15, -0.1) is 0 Å². The van der Waals surface area contributed by atoms with E-state index >= 15 is 0 Å². The second-order valence-corrected chi connectivity index (χ2v) is 4.86. The molecule has 0 atom stereocenters. The maximum atomic E-state index is 12.4. The van der Waals surface area contributed by atoms with Gasteiger partial charge in [0.1, 0.15) is 0 Å². The molecule has 0 radical (unpaired) electrons. The molecule has 0 unspecified atom stereocenters. The molecule has 2 rings (SSSR count). The molecular formula is C13H13F3N4S. The topological polar surface area (TPSA) is 41.9 Å². The summed E-state index contributed by atoms with van der Waals surface area (Å²) in [5.74, 6) is 0. The van der Waals surface area contributed by atoms with Crippen molar-refractivity contribution >= 4 is 28.7 Å². The third-order valence-electron chi connectivity index (χ3n) is 2.73. The molecule has 0 amide bonds. The molecule has 1 aromatic heterocycles. The van der Waals surface area contributed by atoms with E-state index in [1.54, 1.807) is 17.9 Å². The van der Waals surface area contributed by atoms with Crippen molar-refractivity contribution < 1.29 is 13.2 Å². The molecule has 0 aliphatic heterocycles. The van der Waals surface area contributed by atoms with Gasteiger partial charge in [-0.1, -0.05) is 0 Å². The summed E-state index contributed by atoms with van der Waals surface area (Å²) in [5, 5.41) is 10.2. The average Bonchev–Trinajstić information content (AvgIpc) is 2.67. The van der Waals surface area contributed by atoms with E-state index in [4.69, 9.17) is 12.2 Å². The number of hydrogen-bond acceptors (Lipinski definition) is 2. The largest absolute Gasteiger partial charge is 0.416 e. The number of aryl methyl sites for hydroxylation is 2. The zero-order chi connectivity index (χ0) is 15.6. The molecule has 0 bridgehead atoms. The predicted octanol–water partition coefficient (Wildman–Crippen LogP) is 3.56. The van der Waals surface area contributed by atoms with E-state index in [2.05, 4.69) is 15.7 Å². The van der Waals surface area contributed by atoms with Gasteiger partial charge in [0, 0.05) is 18.9 Å². The van der Waals surface area contributed by atoms with Crippen LogP contribution in [0.3, 0.4) is 0 Å². The van der Waals surface area contributed by atoms with Gasteiger partial charge >= 0.3 is 6.18 Å². The lowest BCUT2D eigenvalue weighted by atomic mass is 10.2. The van der Waals surface area contributed by atoms with Crippen LogP contribution in [0.2, 0.25) is 0 Å². The summed E-state index contributed by atoms with van der Waals surface area (Å²) in [6, 6.07) is 4.65. The molecule has 0 spiro atoms. The van der Waals surface area contributed by atoms with Gasteiger partial charge in [-0.2, -0.15) is 18.3 Å². The fourth-order valence-electron chi connectivity index (χ4n) is 1.75. The van der Waals surface area contributed by atoms with Crippen molar-refractivity contribution in [1.29, 1.82) is 0 Å². The third kappa shape index (κ3) is 3.94. The fourth-order valence-corrected chi connectivity index (χ4v) is 1.98. The molecule has 0 saturated carbocycles. The van der Waals surface area contributed by atoms with Crippen LogP contribution in [0.1, 0.15) is 11.3 Å². The SMILES string of the molecule is Cc1nn(C)cc1NC(=S)Nc1ccc(C(F)(F)F)cc1. The highest BCUT2D eigenvalue weighted by Crippen LogP contribution is 2.29. The Bertz CT molecular complexity index is 646. The first-order valence-electron chi connectivity index (χ1n) is 6.01. The monoisotopic (exact) mass is 314 g/mol. The first kappa shape index (κ1) is 15.3. The Morgan fingerprint density at radius 3 is 2.29 bits per heavy atom. The molecule has 0 saturated heterocycles. The lowest BCUT2D eigenvalue weighted by molar-refractivity contribution is -0.137. The number of alkyl halides is 3. The van der Waals surface area contributed by atoms with E-state index in [1.165, 1.54) is 12.1 Å². The van der Waals surface area contributed by atoms with Crippen LogP contribution in [0, 0.1) is 6.92 Å². The van der Waals surface area contributed by atoms with Crippen LogP contribution < -0.4 is 10.6 Å². The second kappa shape index (κ2) is 5.72. The Morgan fingerprint density at radius 1 is 1.19 bits per heavy atom. The van der Waals surface area contributed by atoms with Crippen LogP contribution in [-0.4, -0.2) is 14.9 Å². The molecule has 2 N–H and O–H groups in total. The van der Waals surface area contributed by atoms with Gasteiger partial charge in [0.25, 0.3) is 0 Å². The number of halogens is 3. The average molecular weight is 314 g/mol. The molecule has 0 aliphatic rings. The van der Waals surface area contributed by atoms with Crippen molar-refractivity contribution in [2.75, 3.05) is 10.6 Å². The lowest BCUT2D eigenvalue weighted by Crippen LogP contribution is -2.19. The lowest BCUT2D eigenvalue weighted by Gasteiger charge is -2.11. The molecule has 0 fully saturated rings. The molecule has 1 heterocycles. The van der Waals surface area contributed by atoms with E-state index < -0.39 is 11.7 Å². The number of nitrogens with zero attached hydrogens (tertiary/aromatic N) is 2. The Hall–Kier alpha value is -2.09. The van der Waals surface area contributed by atoms with Gasteiger partial charge in [0.05, 0.1) is 16.9 Å². The first-order chi connectivity index (χ1) is 9.75. The van der Waals surface area contributed by atoms with Gasteiger partial charge in [-0.05, 0) is 43.4 Å². The number of anilines is 2. The maximum Gasteiger partial charge on any atom is 0.416 e. The van der Waals surface area contributed by atoms with Crippen LogP contribution in [-0.2, 0) is 13.2 Å². The summed E-state index contributed by atoms with van der Waals surface area (Å²) in [6.07, 6.45) is -2.58. The van der Waals surface area contributed by atoms with Gasteiger partial charge in [-0.3, -0.25) is 4.68 Å². The van der Waals surface area contributed by atoms with Crippen LogP contribution in [0.15, 0.2) is 30.5 Å². The summed E-state index contributed by atoms with van der Waals surface area (Å²) >= 11 is 5.11. The zero-order valence-electron chi connectivity index (χ0n) is 11.3. The Morgan fingerprint density at radius 2 is 1.81 bits per heavy atom. The molecule has 0 aliphatic carbocycles. The fraction of sp³-hybridized carbons (Fsp3) is 0.231. The van der Waals surface area contributed by atoms with E-state index in [1.807, 2.05) is 6.92 Å². The summed E-state index contributed by atoms with van der Waals surface area (Å²) in [6.45, 7) is 1.82. The molecule has 1 aromatic carbocycles. The van der Waals surface area contributed by atoms with Crippen LogP contribution in [0.4, 0.5) is 24.5 Å². The van der Waals surface area contributed by atoms with Crippen molar-refractivity contribution in [2.45, 2.75) is 13.1 Å². The van der Waals surface area contributed by atoms with Crippen LogP contribution in [0.5, 0.6) is 0 Å². The molecule has 4 nitrogen and oxygen atoms in total. The van der Waals surface area contributed by atoms with Gasteiger partial charge in [0.15, 0.2) is 5.11 Å². The standard InChI is InChI=1S/C13H13F3N4S/c1-8-11(7-20(2)19-8)18-12(21)17-10-5-3-9(4-6-10)13(14,15)16/h3-7H,1-2H3,(H2,17,18,21). The molecule has 2 aromatic rings. The summed E-state index contributed by atoms with van der Waals surface area (Å²) < 4.78 is 39.0. The molecule has 112 valence electrons. The maximum absolute atomic E-state index is 12.4. The minimum absolute atomic E-state index is 0.283. The van der Waals surface area contributed by atoms with Crippen LogP contribution >= 0.6 is 12.2 Å². The van der Waals surface area contributed by atoms with E-state index in [0.717, 1.165) is 23.5 Å². The smallest absolute Gasteiger partial charge is 0.332 e. The van der Waals surface area contributed by atoms with Crippen molar-refractivity contribution in [3.05, 3.63) is 41.7 Å². The summed E-state index contributed by atoms with van der Waals surface area (Å²) in [5.41, 5.74) is 1.29. The van der Waals surface area contributed by atoms with Gasteiger partial charge in [0.2, 0.25) is 0 Å². The highest BCUT2D eigenvalue weighted by atomic mass is 32.1. The number of benzene rings is 1. The highest BCUT2D eigenvalue weighted by molar-refractivity contribution is 7.80. The summed E-state index contributed by atoms with van der Waals surface area (Å²) in [4.78, 5) is 0. The second-order valence-electron chi connectivity index (χ2n) is 4.46. The Kier molecular flexibility index (Phi) is 4.17. The van der Waals surface area contributed by atoms with E-state index in [0.29, 0.717) is 5.69 Å². The number of hydrogen-bond donors (Lipinski definition) is 2. The number of thiocarbonyl (C=S) groups is 1.